The van der Waals surface area contributed by atoms with Gasteiger partial charge >= 0.3 is 0 Å². The number of carbonyl (C=O) groups is 1. The molecule has 1 aromatic heterocycles. The second kappa shape index (κ2) is 4.71. The van der Waals surface area contributed by atoms with E-state index in [0.29, 0.717) is 13.2 Å². The van der Waals surface area contributed by atoms with Crippen molar-refractivity contribution in [2.75, 3.05) is 13.1 Å². The number of hydrogen-bond acceptors (Lipinski definition) is 2. The maximum atomic E-state index is 12.8. The Morgan fingerprint density at radius 2 is 2.09 bits per heavy atom. The van der Waals surface area contributed by atoms with E-state index >= 15 is 0 Å². The van der Waals surface area contributed by atoms with Crippen LogP contribution in [0, 0.1) is 6.92 Å². The Hall–Kier alpha value is -2.07. The normalized spacial score (nSPS) is 23.3. The highest BCUT2D eigenvalue weighted by Gasteiger charge is 2.46. The molecule has 3 heterocycles. The van der Waals surface area contributed by atoms with Gasteiger partial charge in [0.25, 0.3) is 5.91 Å². The topological polar surface area (TPSA) is 34.5 Å². The highest BCUT2D eigenvalue weighted by Crippen LogP contribution is 2.43. The third kappa shape index (κ3) is 1.83. The molecule has 4 heteroatoms. The summed E-state index contributed by atoms with van der Waals surface area (Å²) in [5.74, 6) is 0.114. The Kier molecular flexibility index (Phi) is 2.91. The molecule has 0 radical (unpaired) electrons. The standard InChI is InChI=1S/C18H20N2O2/c1-13-15(7-9-19(13)2)17(21)20-10-8-18(12-20)16-6-4-3-5-14(16)11-22-18/h3-7,9H,8,10-12H2,1-2H3. The molecule has 1 atom stereocenters. The number of rotatable bonds is 1. The molecule has 22 heavy (non-hydrogen) atoms. The van der Waals surface area contributed by atoms with Gasteiger partial charge in [0.05, 0.1) is 18.7 Å². The number of likely N-dealkylation sites (tertiary alicyclic amines) is 1. The molecule has 1 amide bonds. The van der Waals surface area contributed by atoms with E-state index in [1.54, 1.807) is 0 Å². The summed E-state index contributed by atoms with van der Waals surface area (Å²) in [5, 5.41) is 0. The van der Waals surface area contributed by atoms with Crippen LogP contribution in [0.25, 0.3) is 0 Å². The largest absolute Gasteiger partial charge is 0.364 e. The van der Waals surface area contributed by atoms with Gasteiger partial charge in [-0.2, -0.15) is 0 Å². The molecule has 0 saturated carbocycles. The van der Waals surface area contributed by atoms with Crippen LogP contribution in [0.15, 0.2) is 36.5 Å². The van der Waals surface area contributed by atoms with Gasteiger partial charge in [0, 0.05) is 25.5 Å². The van der Waals surface area contributed by atoms with Gasteiger partial charge in [-0.1, -0.05) is 24.3 Å². The van der Waals surface area contributed by atoms with Crippen molar-refractivity contribution in [3.05, 3.63) is 58.9 Å². The number of benzene rings is 1. The molecule has 1 saturated heterocycles. The van der Waals surface area contributed by atoms with Crippen molar-refractivity contribution in [3.8, 4) is 0 Å². The first-order valence-electron chi connectivity index (χ1n) is 7.74. The smallest absolute Gasteiger partial charge is 0.255 e. The van der Waals surface area contributed by atoms with Gasteiger partial charge in [-0.15, -0.1) is 0 Å². The Morgan fingerprint density at radius 1 is 1.27 bits per heavy atom. The van der Waals surface area contributed by atoms with Gasteiger partial charge < -0.3 is 14.2 Å². The molecular weight excluding hydrogens is 276 g/mol. The first-order valence-corrected chi connectivity index (χ1v) is 7.74. The summed E-state index contributed by atoms with van der Waals surface area (Å²) >= 11 is 0. The minimum absolute atomic E-state index is 0.114. The van der Waals surface area contributed by atoms with E-state index in [4.69, 9.17) is 4.74 Å². The third-order valence-electron chi connectivity index (χ3n) is 5.15. The van der Waals surface area contributed by atoms with Gasteiger partial charge in [-0.3, -0.25) is 4.79 Å². The summed E-state index contributed by atoms with van der Waals surface area (Å²) in [5.41, 5.74) is 4.03. The average Bonchev–Trinajstić information content (AvgIpc) is 3.21. The van der Waals surface area contributed by atoms with E-state index < -0.39 is 0 Å². The SMILES string of the molecule is Cc1c(C(=O)N2CCC3(C2)OCc2ccccc23)ccn1C. The lowest BCUT2D eigenvalue weighted by molar-refractivity contribution is -0.0283. The number of amides is 1. The Bertz CT molecular complexity index is 749. The predicted octanol–water partition coefficient (Wildman–Crippen LogP) is 2.61. The lowest BCUT2D eigenvalue weighted by Crippen LogP contribution is -2.34. The number of nitrogens with zero attached hydrogens (tertiary/aromatic N) is 2. The minimum Gasteiger partial charge on any atom is -0.364 e. The summed E-state index contributed by atoms with van der Waals surface area (Å²) in [6, 6.07) is 10.3. The molecule has 1 spiro atoms. The second-order valence-electron chi connectivity index (χ2n) is 6.34. The van der Waals surface area contributed by atoms with Crippen molar-refractivity contribution in [3.63, 3.8) is 0 Å². The summed E-state index contributed by atoms with van der Waals surface area (Å²) in [4.78, 5) is 14.7. The quantitative estimate of drug-likeness (QED) is 0.810. The zero-order valence-corrected chi connectivity index (χ0v) is 13.0. The lowest BCUT2D eigenvalue weighted by Gasteiger charge is -2.24. The molecule has 114 valence electrons. The van der Waals surface area contributed by atoms with E-state index in [2.05, 4.69) is 18.2 Å². The Balaban J connectivity index is 1.61. The Labute approximate surface area is 130 Å². The number of aromatic nitrogens is 1. The second-order valence-corrected chi connectivity index (χ2v) is 6.34. The highest BCUT2D eigenvalue weighted by molar-refractivity contribution is 5.95. The van der Waals surface area contributed by atoms with E-state index in [9.17, 15) is 4.79 Å². The molecule has 1 fully saturated rings. The van der Waals surface area contributed by atoms with Crippen LogP contribution in [0.4, 0.5) is 0 Å². The molecule has 0 bridgehead atoms. The molecule has 2 aliphatic rings. The van der Waals surface area contributed by atoms with Crippen molar-refractivity contribution in [2.24, 2.45) is 7.05 Å². The maximum absolute atomic E-state index is 12.8. The van der Waals surface area contributed by atoms with Crippen molar-refractivity contribution in [1.82, 2.24) is 9.47 Å². The third-order valence-corrected chi connectivity index (χ3v) is 5.15. The molecule has 2 aromatic rings. The fourth-order valence-electron chi connectivity index (χ4n) is 3.68. The molecule has 0 N–H and O–H groups in total. The van der Waals surface area contributed by atoms with Crippen LogP contribution in [-0.2, 0) is 24.0 Å². The van der Waals surface area contributed by atoms with E-state index in [0.717, 1.165) is 24.2 Å². The van der Waals surface area contributed by atoms with Crippen LogP contribution in [0.2, 0.25) is 0 Å². The zero-order chi connectivity index (χ0) is 15.3. The Morgan fingerprint density at radius 3 is 2.86 bits per heavy atom. The molecule has 4 rings (SSSR count). The van der Waals surface area contributed by atoms with Gasteiger partial charge in [-0.05, 0) is 30.5 Å². The lowest BCUT2D eigenvalue weighted by atomic mass is 9.92. The molecule has 0 aliphatic carbocycles. The van der Waals surface area contributed by atoms with Crippen LogP contribution in [0.3, 0.4) is 0 Å². The van der Waals surface area contributed by atoms with Crippen molar-refractivity contribution in [2.45, 2.75) is 25.6 Å². The van der Waals surface area contributed by atoms with Crippen LogP contribution < -0.4 is 0 Å². The maximum Gasteiger partial charge on any atom is 0.255 e. The number of hydrogen-bond donors (Lipinski definition) is 0. The van der Waals surface area contributed by atoms with Crippen LogP contribution in [-0.4, -0.2) is 28.5 Å². The van der Waals surface area contributed by atoms with Crippen molar-refractivity contribution in [1.29, 1.82) is 0 Å². The minimum atomic E-state index is -0.297. The number of ether oxygens (including phenoxy) is 1. The monoisotopic (exact) mass is 296 g/mol. The number of fused-ring (bicyclic) bond motifs is 2. The first kappa shape index (κ1) is 13.6. The van der Waals surface area contributed by atoms with E-state index in [1.807, 2.05) is 41.8 Å². The summed E-state index contributed by atoms with van der Waals surface area (Å²) in [7, 11) is 1.97. The number of aryl methyl sites for hydroxylation is 1. The summed E-state index contributed by atoms with van der Waals surface area (Å²) in [6.07, 6.45) is 2.82. The summed E-state index contributed by atoms with van der Waals surface area (Å²) in [6.45, 7) is 4.04. The number of carbonyl (C=O) groups excluding carboxylic acids is 1. The van der Waals surface area contributed by atoms with Gasteiger partial charge in [0.2, 0.25) is 0 Å². The van der Waals surface area contributed by atoms with Gasteiger partial charge in [0.15, 0.2) is 0 Å². The molecule has 1 unspecified atom stereocenters. The van der Waals surface area contributed by atoms with Crippen molar-refractivity contribution >= 4 is 5.91 Å². The summed E-state index contributed by atoms with van der Waals surface area (Å²) < 4.78 is 8.11. The highest BCUT2D eigenvalue weighted by atomic mass is 16.5. The van der Waals surface area contributed by atoms with E-state index in [1.165, 1.54) is 11.1 Å². The van der Waals surface area contributed by atoms with Crippen LogP contribution in [0.1, 0.15) is 33.6 Å². The zero-order valence-electron chi connectivity index (χ0n) is 13.0. The molecule has 4 nitrogen and oxygen atoms in total. The predicted molar refractivity (Wildman–Crippen MR) is 83.6 cm³/mol. The van der Waals surface area contributed by atoms with E-state index in [-0.39, 0.29) is 11.5 Å². The van der Waals surface area contributed by atoms with Crippen LogP contribution in [0.5, 0.6) is 0 Å². The fraction of sp³-hybridized carbons (Fsp3) is 0.389. The van der Waals surface area contributed by atoms with Crippen molar-refractivity contribution < 1.29 is 9.53 Å². The van der Waals surface area contributed by atoms with Gasteiger partial charge in [-0.25, -0.2) is 0 Å². The average molecular weight is 296 g/mol. The molecular formula is C18H20N2O2. The fourth-order valence-corrected chi connectivity index (χ4v) is 3.68. The molecule has 2 aliphatic heterocycles. The molecule has 1 aromatic carbocycles. The first-order chi connectivity index (χ1) is 10.6. The van der Waals surface area contributed by atoms with Crippen LogP contribution >= 0.6 is 0 Å². The van der Waals surface area contributed by atoms with Gasteiger partial charge in [0.1, 0.15) is 5.60 Å².